The molecule has 0 amide bonds. The van der Waals surface area contributed by atoms with Gasteiger partial charge in [0.05, 0.1) is 12.3 Å². The Bertz CT molecular complexity index is 444. The minimum Gasteiger partial charge on any atom is -0.285 e. The molecule has 1 fully saturated rings. The van der Waals surface area contributed by atoms with E-state index in [-0.39, 0.29) is 12.3 Å². The van der Waals surface area contributed by atoms with Crippen LogP contribution in [0.5, 0.6) is 0 Å². The second kappa shape index (κ2) is 8.02. The Labute approximate surface area is 125 Å². The summed E-state index contributed by atoms with van der Waals surface area (Å²) in [6, 6.07) is 20.9. The van der Waals surface area contributed by atoms with Gasteiger partial charge in [-0.1, -0.05) is 60.7 Å². The molecule has 1 heterocycles. The lowest BCUT2D eigenvalue weighted by molar-refractivity contribution is 0.267. The van der Waals surface area contributed by atoms with Crippen molar-refractivity contribution in [2.24, 2.45) is 0 Å². The van der Waals surface area contributed by atoms with Crippen molar-refractivity contribution < 1.29 is 0 Å². The number of alkyl halides is 1. The van der Waals surface area contributed by atoms with Crippen molar-refractivity contribution >= 4 is 11.6 Å². The SMILES string of the molecule is CCl.c1ccc(C2NCNC(c3ccccc3)N2)cc1. The Hall–Kier alpha value is -1.39. The molecule has 1 aliphatic rings. The van der Waals surface area contributed by atoms with E-state index in [1.165, 1.54) is 17.5 Å². The maximum Gasteiger partial charge on any atom is 0.0859 e. The zero-order valence-corrected chi connectivity index (χ0v) is 12.3. The molecule has 3 rings (SSSR count). The molecule has 3 N–H and O–H groups in total. The van der Waals surface area contributed by atoms with Crippen LogP contribution < -0.4 is 16.0 Å². The molecule has 2 aromatic rings. The van der Waals surface area contributed by atoms with Crippen LogP contribution in [0.2, 0.25) is 0 Å². The van der Waals surface area contributed by atoms with Gasteiger partial charge in [-0.3, -0.25) is 16.0 Å². The zero-order chi connectivity index (χ0) is 14.2. The smallest absolute Gasteiger partial charge is 0.0859 e. The third kappa shape index (κ3) is 3.81. The van der Waals surface area contributed by atoms with E-state index in [2.05, 4.69) is 76.1 Å². The third-order valence-electron chi connectivity index (χ3n) is 3.21. The summed E-state index contributed by atoms with van der Waals surface area (Å²) in [6.45, 7) is 0.798. The van der Waals surface area contributed by atoms with E-state index in [0.29, 0.717) is 0 Å². The molecule has 2 atom stereocenters. The predicted octanol–water partition coefficient (Wildman–Crippen LogP) is 2.98. The highest BCUT2D eigenvalue weighted by atomic mass is 35.5. The summed E-state index contributed by atoms with van der Waals surface area (Å²) in [5, 5.41) is 10.4. The maximum absolute atomic E-state index is 4.64. The van der Waals surface area contributed by atoms with Crippen molar-refractivity contribution in [2.75, 3.05) is 13.1 Å². The maximum atomic E-state index is 4.64. The first-order valence-electron chi connectivity index (χ1n) is 6.64. The average molecular weight is 290 g/mol. The van der Waals surface area contributed by atoms with Crippen molar-refractivity contribution in [1.29, 1.82) is 0 Å². The molecule has 0 bridgehead atoms. The molecular weight excluding hydrogens is 270 g/mol. The standard InChI is InChI=1S/C15H17N3.CH3Cl/c1-3-7-12(8-4-1)14-16-11-17-15(18-14)13-9-5-2-6-10-13;1-2/h1-10,14-18H,11H2;1H3. The predicted molar refractivity (Wildman–Crippen MR) is 84.4 cm³/mol. The Morgan fingerprint density at radius 1 is 0.750 bits per heavy atom. The lowest BCUT2D eigenvalue weighted by atomic mass is 10.1. The highest BCUT2D eigenvalue weighted by Crippen LogP contribution is 2.18. The molecule has 0 aliphatic carbocycles. The van der Waals surface area contributed by atoms with E-state index in [0.717, 1.165) is 6.67 Å². The van der Waals surface area contributed by atoms with Gasteiger partial charge in [0, 0.05) is 13.1 Å². The molecule has 2 aromatic carbocycles. The molecule has 0 spiro atoms. The number of rotatable bonds is 2. The van der Waals surface area contributed by atoms with E-state index in [1.807, 2.05) is 12.1 Å². The molecule has 1 saturated heterocycles. The van der Waals surface area contributed by atoms with Crippen LogP contribution in [0.25, 0.3) is 0 Å². The Kier molecular flexibility index (Phi) is 6.02. The van der Waals surface area contributed by atoms with Crippen LogP contribution >= 0.6 is 11.6 Å². The number of hydrogen-bond acceptors (Lipinski definition) is 3. The molecule has 3 nitrogen and oxygen atoms in total. The minimum atomic E-state index is 0.192. The van der Waals surface area contributed by atoms with Crippen molar-refractivity contribution in [3.63, 3.8) is 0 Å². The van der Waals surface area contributed by atoms with E-state index in [1.54, 1.807) is 0 Å². The van der Waals surface area contributed by atoms with E-state index in [9.17, 15) is 0 Å². The van der Waals surface area contributed by atoms with Crippen molar-refractivity contribution in [1.82, 2.24) is 16.0 Å². The van der Waals surface area contributed by atoms with Gasteiger partial charge in [0.25, 0.3) is 0 Å². The van der Waals surface area contributed by atoms with E-state index < -0.39 is 0 Å². The summed E-state index contributed by atoms with van der Waals surface area (Å²) in [6.07, 6.45) is 1.86. The van der Waals surface area contributed by atoms with Crippen LogP contribution in [0.1, 0.15) is 23.5 Å². The summed E-state index contributed by atoms with van der Waals surface area (Å²) >= 11 is 4.64. The Morgan fingerprint density at radius 2 is 1.15 bits per heavy atom. The first kappa shape index (κ1) is 15.0. The van der Waals surface area contributed by atoms with Crippen LogP contribution in [0, 0.1) is 0 Å². The van der Waals surface area contributed by atoms with Gasteiger partial charge in [-0.05, 0) is 11.1 Å². The fraction of sp³-hybridized carbons (Fsp3) is 0.250. The van der Waals surface area contributed by atoms with Gasteiger partial charge in [0.15, 0.2) is 0 Å². The monoisotopic (exact) mass is 289 g/mol. The number of nitrogens with one attached hydrogen (secondary N) is 3. The third-order valence-corrected chi connectivity index (χ3v) is 3.21. The largest absolute Gasteiger partial charge is 0.285 e. The van der Waals surface area contributed by atoms with Crippen LogP contribution in [0.15, 0.2) is 60.7 Å². The van der Waals surface area contributed by atoms with Crippen molar-refractivity contribution in [3.05, 3.63) is 71.8 Å². The average Bonchev–Trinajstić information content (AvgIpc) is 2.58. The molecule has 1 aliphatic heterocycles. The fourth-order valence-corrected chi connectivity index (χ4v) is 2.27. The summed E-state index contributed by atoms with van der Waals surface area (Å²) in [7, 11) is 0. The number of benzene rings is 2. The second-order valence-corrected chi connectivity index (χ2v) is 4.44. The van der Waals surface area contributed by atoms with Gasteiger partial charge < -0.3 is 0 Å². The Balaban J connectivity index is 0.000000704. The molecule has 20 heavy (non-hydrogen) atoms. The van der Waals surface area contributed by atoms with Gasteiger partial charge in [0.1, 0.15) is 0 Å². The summed E-state index contributed by atoms with van der Waals surface area (Å²) in [5.74, 6) is 0. The lowest BCUT2D eigenvalue weighted by Gasteiger charge is -2.33. The molecule has 0 radical (unpaired) electrons. The highest BCUT2D eigenvalue weighted by Gasteiger charge is 2.21. The van der Waals surface area contributed by atoms with Crippen LogP contribution in [0.4, 0.5) is 0 Å². The highest BCUT2D eigenvalue weighted by molar-refractivity contribution is 6.15. The van der Waals surface area contributed by atoms with Crippen molar-refractivity contribution in [2.45, 2.75) is 12.3 Å². The normalized spacial score (nSPS) is 21.7. The lowest BCUT2D eigenvalue weighted by Crippen LogP contribution is -2.52. The topological polar surface area (TPSA) is 36.1 Å². The Morgan fingerprint density at radius 3 is 1.55 bits per heavy atom. The van der Waals surface area contributed by atoms with E-state index >= 15 is 0 Å². The summed E-state index contributed by atoms with van der Waals surface area (Å²) in [4.78, 5) is 0. The van der Waals surface area contributed by atoms with Crippen molar-refractivity contribution in [3.8, 4) is 0 Å². The zero-order valence-electron chi connectivity index (χ0n) is 11.5. The molecule has 0 aromatic heterocycles. The van der Waals surface area contributed by atoms with Gasteiger partial charge in [-0.2, -0.15) is 0 Å². The van der Waals surface area contributed by atoms with Crippen LogP contribution in [-0.4, -0.2) is 13.1 Å². The second-order valence-electron chi connectivity index (χ2n) is 4.44. The van der Waals surface area contributed by atoms with Crippen LogP contribution in [-0.2, 0) is 0 Å². The summed E-state index contributed by atoms with van der Waals surface area (Å²) in [5.41, 5.74) is 2.53. The van der Waals surface area contributed by atoms with Gasteiger partial charge >= 0.3 is 0 Å². The van der Waals surface area contributed by atoms with Gasteiger partial charge in [-0.15, -0.1) is 11.6 Å². The fourth-order valence-electron chi connectivity index (χ4n) is 2.27. The van der Waals surface area contributed by atoms with Crippen LogP contribution in [0.3, 0.4) is 0 Å². The molecule has 2 unspecified atom stereocenters. The van der Waals surface area contributed by atoms with Gasteiger partial charge in [0.2, 0.25) is 0 Å². The first-order valence-corrected chi connectivity index (χ1v) is 7.39. The molecule has 0 saturated carbocycles. The van der Waals surface area contributed by atoms with Gasteiger partial charge in [-0.25, -0.2) is 0 Å². The van der Waals surface area contributed by atoms with E-state index in [4.69, 9.17) is 0 Å². The molecule has 4 heteroatoms. The summed E-state index contributed by atoms with van der Waals surface area (Å²) < 4.78 is 0. The first-order chi connectivity index (χ1) is 9.93. The minimum absolute atomic E-state index is 0.192. The number of hydrogen-bond donors (Lipinski definition) is 3. The molecular formula is C16H20ClN3. The quantitative estimate of drug-likeness (QED) is 0.744. The molecule has 106 valence electrons. The number of halogens is 1.